The van der Waals surface area contributed by atoms with Gasteiger partial charge in [0, 0.05) is 34.2 Å². The maximum Gasteiger partial charge on any atom is 0.352 e. The molecule has 0 saturated carbocycles. The third-order valence-corrected chi connectivity index (χ3v) is 2.63. The van der Waals surface area contributed by atoms with Crippen LogP contribution in [0.25, 0.3) is 11.1 Å². The van der Waals surface area contributed by atoms with Crippen LogP contribution in [0, 0.1) is 0 Å². The molecule has 2 aromatic heterocycles. The van der Waals surface area contributed by atoms with Crippen LogP contribution >= 0.6 is 15.9 Å². The molecular weight excluding hydrogens is 260 g/mol. The van der Waals surface area contributed by atoms with Crippen molar-refractivity contribution in [1.82, 2.24) is 9.97 Å². The van der Waals surface area contributed by atoms with Crippen LogP contribution in [0.1, 0.15) is 10.5 Å². The molecule has 5 heteroatoms. The molecule has 0 aliphatic heterocycles. The number of halogens is 1. The van der Waals surface area contributed by atoms with Gasteiger partial charge in [-0.3, -0.25) is 4.98 Å². The molecule has 76 valence electrons. The summed E-state index contributed by atoms with van der Waals surface area (Å²) in [5, 5.41) is 8.76. The van der Waals surface area contributed by atoms with Gasteiger partial charge >= 0.3 is 5.97 Å². The first-order valence-corrected chi connectivity index (χ1v) is 4.99. The number of carbonyl (C=O) groups is 1. The fourth-order valence-corrected chi connectivity index (χ4v) is 1.76. The number of aromatic nitrogens is 2. The smallest absolute Gasteiger partial charge is 0.352 e. The fraction of sp³-hybridized carbons (Fsp3) is 0. The van der Waals surface area contributed by atoms with Crippen molar-refractivity contribution in [1.29, 1.82) is 0 Å². The quantitative estimate of drug-likeness (QED) is 0.878. The molecule has 0 bridgehead atoms. The number of aromatic amines is 1. The highest BCUT2D eigenvalue weighted by molar-refractivity contribution is 9.10. The molecule has 0 spiro atoms. The van der Waals surface area contributed by atoms with E-state index in [9.17, 15) is 4.79 Å². The van der Waals surface area contributed by atoms with E-state index in [1.807, 2.05) is 6.07 Å². The second kappa shape index (κ2) is 3.86. The monoisotopic (exact) mass is 266 g/mol. The van der Waals surface area contributed by atoms with E-state index in [4.69, 9.17) is 5.11 Å². The van der Waals surface area contributed by atoms with E-state index in [1.165, 1.54) is 0 Å². The summed E-state index contributed by atoms with van der Waals surface area (Å²) in [4.78, 5) is 17.3. The van der Waals surface area contributed by atoms with Crippen molar-refractivity contribution in [2.24, 2.45) is 0 Å². The summed E-state index contributed by atoms with van der Waals surface area (Å²) in [6.07, 6.45) is 4.99. The van der Waals surface area contributed by atoms with Crippen molar-refractivity contribution in [2.75, 3.05) is 0 Å². The second-order valence-electron chi connectivity index (χ2n) is 2.96. The van der Waals surface area contributed by atoms with Crippen LogP contribution in [0.4, 0.5) is 0 Å². The van der Waals surface area contributed by atoms with Crippen LogP contribution in [-0.4, -0.2) is 21.0 Å². The highest BCUT2D eigenvalue weighted by atomic mass is 79.9. The number of hydrogen-bond donors (Lipinski definition) is 2. The summed E-state index contributed by atoms with van der Waals surface area (Å²) >= 11 is 3.36. The van der Waals surface area contributed by atoms with Crippen LogP contribution in [0.15, 0.2) is 35.2 Å². The Morgan fingerprint density at radius 1 is 1.53 bits per heavy atom. The molecule has 0 aliphatic carbocycles. The lowest BCUT2D eigenvalue weighted by Crippen LogP contribution is -1.94. The van der Waals surface area contributed by atoms with Gasteiger partial charge in [0.15, 0.2) is 0 Å². The van der Waals surface area contributed by atoms with Crippen LogP contribution in [0.5, 0.6) is 0 Å². The predicted octanol–water partition coefficient (Wildman–Crippen LogP) is 2.54. The molecule has 0 unspecified atom stereocenters. The van der Waals surface area contributed by atoms with Crippen molar-refractivity contribution in [3.05, 3.63) is 40.9 Å². The van der Waals surface area contributed by atoms with Gasteiger partial charge in [0.25, 0.3) is 0 Å². The van der Waals surface area contributed by atoms with Crippen LogP contribution in [0.2, 0.25) is 0 Å². The number of nitrogens with one attached hydrogen (secondary N) is 1. The molecule has 0 radical (unpaired) electrons. The van der Waals surface area contributed by atoms with Crippen molar-refractivity contribution < 1.29 is 9.90 Å². The van der Waals surface area contributed by atoms with Gasteiger partial charge in [-0.1, -0.05) is 0 Å². The number of H-pyrrole nitrogens is 1. The second-order valence-corrected chi connectivity index (χ2v) is 3.82. The molecule has 2 rings (SSSR count). The Bertz CT molecular complexity index is 508. The molecule has 0 saturated heterocycles. The van der Waals surface area contributed by atoms with E-state index in [2.05, 4.69) is 25.9 Å². The van der Waals surface area contributed by atoms with E-state index in [0.29, 0.717) is 0 Å². The molecule has 15 heavy (non-hydrogen) atoms. The summed E-state index contributed by atoms with van der Waals surface area (Å²) in [6.45, 7) is 0. The summed E-state index contributed by atoms with van der Waals surface area (Å²) in [7, 11) is 0. The van der Waals surface area contributed by atoms with Crippen molar-refractivity contribution in [3.63, 3.8) is 0 Å². The third kappa shape index (κ3) is 1.92. The minimum Gasteiger partial charge on any atom is -0.477 e. The van der Waals surface area contributed by atoms with Gasteiger partial charge in [0.05, 0.1) is 0 Å². The van der Waals surface area contributed by atoms with Gasteiger partial charge in [0.1, 0.15) is 5.69 Å². The first kappa shape index (κ1) is 9.92. The lowest BCUT2D eigenvalue weighted by molar-refractivity contribution is 0.0691. The molecule has 0 atom stereocenters. The highest BCUT2D eigenvalue weighted by Gasteiger charge is 2.09. The zero-order chi connectivity index (χ0) is 10.8. The molecule has 2 aromatic rings. The van der Waals surface area contributed by atoms with Crippen molar-refractivity contribution in [2.45, 2.75) is 0 Å². The highest BCUT2D eigenvalue weighted by Crippen LogP contribution is 2.27. The Balaban J connectivity index is 2.46. The zero-order valence-corrected chi connectivity index (χ0v) is 9.15. The van der Waals surface area contributed by atoms with E-state index >= 15 is 0 Å². The average Bonchev–Trinajstić information content (AvgIpc) is 2.67. The van der Waals surface area contributed by atoms with E-state index in [0.717, 1.165) is 15.6 Å². The van der Waals surface area contributed by atoms with Gasteiger partial charge in [-0.2, -0.15) is 0 Å². The lowest BCUT2D eigenvalue weighted by atomic mass is 10.1. The number of carboxylic acids is 1. The summed E-state index contributed by atoms with van der Waals surface area (Å²) in [6, 6.07) is 3.40. The summed E-state index contributed by atoms with van der Waals surface area (Å²) in [5.41, 5.74) is 1.91. The summed E-state index contributed by atoms with van der Waals surface area (Å²) in [5.74, 6) is -0.966. The fourth-order valence-electron chi connectivity index (χ4n) is 1.28. The Kier molecular flexibility index (Phi) is 2.55. The average molecular weight is 267 g/mol. The first-order chi connectivity index (χ1) is 7.18. The Hall–Kier alpha value is -1.62. The first-order valence-electron chi connectivity index (χ1n) is 4.20. The Morgan fingerprint density at radius 3 is 2.93 bits per heavy atom. The maximum absolute atomic E-state index is 10.7. The van der Waals surface area contributed by atoms with Gasteiger partial charge < -0.3 is 10.1 Å². The van der Waals surface area contributed by atoms with Gasteiger partial charge in [-0.25, -0.2) is 4.79 Å². The Labute approximate surface area is 94.1 Å². The maximum atomic E-state index is 10.7. The molecule has 2 N–H and O–H groups in total. The number of hydrogen-bond acceptors (Lipinski definition) is 2. The molecular formula is C10H7BrN2O2. The van der Waals surface area contributed by atoms with Gasteiger partial charge in [-0.05, 0) is 28.1 Å². The van der Waals surface area contributed by atoms with E-state index in [-0.39, 0.29) is 5.69 Å². The van der Waals surface area contributed by atoms with Crippen LogP contribution < -0.4 is 0 Å². The third-order valence-electron chi connectivity index (χ3n) is 2.00. The van der Waals surface area contributed by atoms with Crippen molar-refractivity contribution >= 4 is 21.9 Å². The van der Waals surface area contributed by atoms with E-state index < -0.39 is 5.97 Å². The van der Waals surface area contributed by atoms with E-state index in [1.54, 1.807) is 24.7 Å². The normalized spacial score (nSPS) is 10.2. The largest absolute Gasteiger partial charge is 0.477 e. The minimum absolute atomic E-state index is 0.175. The summed E-state index contributed by atoms with van der Waals surface area (Å²) < 4.78 is 0.834. The molecule has 4 nitrogen and oxygen atoms in total. The zero-order valence-electron chi connectivity index (χ0n) is 7.57. The molecule has 0 amide bonds. The predicted molar refractivity (Wildman–Crippen MR) is 58.7 cm³/mol. The van der Waals surface area contributed by atoms with Crippen LogP contribution in [-0.2, 0) is 0 Å². The number of rotatable bonds is 2. The Morgan fingerprint density at radius 2 is 2.33 bits per heavy atom. The van der Waals surface area contributed by atoms with Crippen LogP contribution in [0.3, 0.4) is 0 Å². The van der Waals surface area contributed by atoms with Gasteiger partial charge in [-0.15, -0.1) is 0 Å². The molecule has 2 heterocycles. The number of carboxylic acid groups (broad SMARTS) is 1. The molecule has 0 aromatic carbocycles. The topological polar surface area (TPSA) is 66.0 Å². The standard InChI is InChI=1S/C10H7BrN2O2/c11-8-5-12-2-1-7(8)6-3-9(10(14)15)13-4-6/h1-5,13H,(H,14,15). The van der Waals surface area contributed by atoms with Gasteiger partial charge in [0.2, 0.25) is 0 Å². The van der Waals surface area contributed by atoms with Crippen molar-refractivity contribution in [3.8, 4) is 11.1 Å². The number of nitrogens with zero attached hydrogens (tertiary/aromatic N) is 1. The lowest BCUT2D eigenvalue weighted by Gasteiger charge is -1.98. The minimum atomic E-state index is -0.966. The SMILES string of the molecule is O=C(O)c1cc(-c2ccncc2Br)c[nH]1. The number of aromatic carboxylic acids is 1. The molecule has 0 fully saturated rings. The number of pyridine rings is 1. The molecule has 0 aliphatic rings.